The maximum absolute atomic E-state index is 13.2. The molecule has 0 saturated carbocycles. The number of nitrogens with zero attached hydrogens (tertiary/aromatic N) is 2. The van der Waals surface area contributed by atoms with E-state index < -0.39 is 0 Å². The molecule has 144 valence electrons. The molecule has 0 fully saturated rings. The van der Waals surface area contributed by atoms with Gasteiger partial charge in [0.2, 0.25) is 0 Å². The lowest BCUT2D eigenvalue weighted by Crippen LogP contribution is -2.36. The number of rotatable bonds is 6. The maximum atomic E-state index is 13.2. The summed E-state index contributed by atoms with van der Waals surface area (Å²) >= 11 is 0. The monoisotopic (exact) mass is 378 g/mol. The standard InChI is InChI=1S/C22H23FN4O/c1-24-22(26-15-19-5-4-6-20(23)13-19)25-14-17-8-10-18(11-9-17)16-27-12-3-2-7-21(27)28/h2-13H,14-16H2,1H3,(H2,24,25,26). The van der Waals surface area contributed by atoms with Crippen LogP contribution >= 0.6 is 0 Å². The fourth-order valence-corrected chi connectivity index (χ4v) is 2.79. The van der Waals surface area contributed by atoms with E-state index >= 15 is 0 Å². The van der Waals surface area contributed by atoms with Gasteiger partial charge in [-0.15, -0.1) is 0 Å². The summed E-state index contributed by atoms with van der Waals surface area (Å²) in [5, 5.41) is 6.41. The van der Waals surface area contributed by atoms with Gasteiger partial charge in [-0.3, -0.25) is 9.79 Å². The van der Waals surface area contributed by atoms with Gasteiger partial charge in [-0.05, 0) is 34.9 Å². The minimum absolute atomic E-state index is 0.0126. The minimum Gasteiger partial charge on any atom is -0.352 e. The fourth-order valence-electron chi connectivity index (χ4n) is 2.79. The van der Waals surface area contributed by atoms with E-state index in [1.807, 2.05) is 36.4 Å². The van der Waals surface area contributed by atoms with Crippen LogP contribution < -0.4 is 16.2 Å². The molecule has 0 saturated heterocycles. The molecule has 0 spiro atoms. The fraction of sp³-hybridized carbons (Fsp3) is 0.182. The number of guanidine groups is 1. The van der Waals surface area contributed by atoms with Crippen LogP contribution in [0.25, 0.3) is 0 Å². The van der Waals surface area contributed by atoms with Crippen molar-refractivity contribution in [3.8, 4) is 0 Å². The molecule has 5 nitrogen and oxygen atoms in total. The zero-order chi connectivity index (χ0) is 19.8. The van der Waals surface area contributed by atoms with Gasteiger partial charge in [0, 0.05) is 32.4 Å². The van der Waals surface area contributed by atoms with Crippen LogP contribution in [-0.4, -0.2) is 17.6 Å². The second kappa shape index (κ2) is 9.50. The van der Waals surface area contributed by atoms with Gasteiger partial charge in [0.05, 0.1) is 6.54 Å². The molecule has 0 bridgehead atoms. The molecule has 2 aromatic carbocycles. The second-order valence-electron chi connectivity index (χ2n) is 6.39. The lowest BCUT2D eigenvalue weighted by molar-refractivity contribution is 0.624. The predicted molar refractivity (Wildman–Crippen MR) is 110 cm³/mol. The average molecular weight is 378 g/mol. The first kappa shape index (κ1) is 19.4. The molecule has 0 atom stereocenters. The molecular weight excluding hydrogens is 355 g/mol. The summed E-state index contributed by atoms with van der Waals surface area (Å²) in [6, 6.07) is 19.7. The van der Waals surface area contributed by atoms with Crippen molar-refractivity contribution in [2.45, 2.75) is 19.6 Å². The van der Waals surface area contributed by atoms with Gasteiger partial charge >= 0.3 is 0 Å². The Hall–Kier alpha value is -3.41. The summed E-state index contributed by atoms with van der Waals surface area (Å²) < 4.78 is 14.9. The molecule has 3 aromatic rings. The molecule has 0 aliphatic heterocycles. The molecule has 0 aliphatic rings. The van der Waals surface area contributed by atoms with E-state index in [0.29, 0.717) is 25.6 Å². The van der Waals surface area contributed by atoms with Crippen LogP contribution in [0.15, 0.2) is 82.7 Å². The van der Waals surface area contributed by atoms with Gasteiger partial charge < -0.3 is 15.2 Å². The molecule has 6 heteroatoms. The van der Waals surface area contributed by atoms with Crippen LogP contribution in [0.5, 0.6) is 0 Å². The number of hydrogen-bond acceptors (Lipinski definition) is 2. The van der Waals surface area contributed by atoms with Gasteiger partial charge in [-0.25, -0.2) is 4.39 Å². The van der Waals surface area contributed by atoms with Crippen molar-refractivity contribution in [2.24, 2.45) is 4.99 Å². The van der Waals surface area contributed by atoms with Crippen molar-refractivity contribution in [1.82, 2.24) is 15.2 Å². The third-order valence-corrected chi connectivity index (χ3v) is 4.31. The number of pyridine rings is 1. The first-order valence-corrected chi connectivity index (χ1v) is 9.06. The van der Waals surface area contributed by atoms with Crippen LogP contribution in [0.1, 0.15) is 16.7 Å². The highest BCUT2D eigenvalue weighted by molar-refractivity contribution is 5.79. The molecule has 1 aromatic heterocycles. The summed E-state index contributed by atoms with van der Waals surface area (Å²) in [5.41, 5.74) is 2.99. The van der Waals surface area contributed by atoms with E-state index in [2.05, 4.69) is 15.6 Å². The number of nitrogens with one attached hydrogen (secondary N) is 2. The van der Waals surface area contributed by atoms with Gasteiger partial charge in [-0.2, -0.15) is 0 Å². The Morgan fingerprint density at radius 3 is 2.32 bits per heavy atom. The lowest BCUT2D eigenvalue weighted by atomic mass is 10.1. The third kappa shape index (κ3) is 5.54. The molecule has 28 heavy (non-hydrogen) atoms. The molecule has 1 heterocycles. The summed E-state index contributed by atoms with van der Waals surface area (Å²) in [5.74, 6) is 0.393. The number of aromatic nitrogens is 1. The van der Waals surface area contributed by atoms with Crippen molar-refractivity contribution >= 4 is 5.96 Å². The van der Waals surface area contributed by atoms with Gasteiger partial charge in [0.25, 0.3) is 5.56 Å². The Labute approximate surface area is 163 Å². The molecular formula is C22H23FN4O. The number of benzene rings is 2. The summed E-state index contributed by atoms with van der Waals surface area (Å²) in [6.07, 6.45) is 1.78. The molecule has 2 N–H and O–H groups in total. The van der Waals surface area contributed by atoms with Crippen LogP contribution in [-0.2, 0) is 19.6 Å². The van der Waals surface area contributed by atoms with Crippen molar-refractivity contribution in [3.05, 3.63) is 106 Å². The van der Waals surface area contributed by atoms with E-state index in [9.17, 15) is 9.18 Å². The van der Waals surface area contributed by atoms with E-state index in [1.165, 1.54) is 12.1 Å². The highest BCUT2D eigenvalue weighted by Gasteiger charge is 2.02. The Balaban J connectivity index is 1.52. The molecule has 0 amide bonds. The normalized spacial score (nSPS) is 11.3. The van der Waals surface area contributed by atoms with E-state index in [-0.39, 0.29) is 11.4 Å². The summed E-state index contributed by atoms with van der Waals surface area (Å²) in [4.78, 5) is 16.0. The highest BCUT2D eigenvalue weighted by atomic mass is 19.1. The third-order valence-electron chi connectivity index (χ3n) is 4.31. The largest absolute Gasteiger partial charge is 0.352 e. The summed E-state index contributed by atoms with van der Waals surface area (Å²) in [7, 11) is 1.70. The van der Waals surface area contributed by atoms with Crippen LogP contribution in [0, 0.1) is 5.82 Å². The zero-order valence-electron chi connectivity index (χ0n) is 15.7. The van der Waals surface area contributed by atoms with Crippen molar-refractivity contribution < 1.29 is 4.39 Å². The Morgan fingerprint density at radius 2 is 1.64 bits per heavy atom. The SMILES string of the molecule is CN=C(NCc1ccc(Cn2ccccc2=O)cc1)NCc1cccc(F)c1. The smallest absolute Gasteiger partial charge is 0.250 e. The summed E-state index contributed by atoms with van der Waals surface area (Å²) in [6.45, 7) is 1.64. The van der Waals surface area contributed by atoms with E-state index in [4.69, 9.17) is 0 Å². The molecule has 0 radical (unpaired) electrons. The first-order valence-electron chi connectivity index (χ1n) is 9.06. The van der Waals surface area contributed by atoms with E-state index in [1.54, 1.807) is 36.0 Å². The number of halogens is 1. The van der Waals surface area contributed by atoms with Crippen LogP contribution in [0.3, 0.4) is 0 Å². The van der Waals surface area contributed by atoms with Gasteiger partial charge in [0.15, 0.2) is 5.96 Å². The van der Waals surface area contributed by atoms with Gasteiger partial charge in [0.1, 0.15) is 5.82 Å². The van der Waals surface area contributed by atoms with Crippen LogP contribution in [0.2, 0.25) is 0 Å². The topological polar surface area (TPSA) is 58.4 Å². The zero-order valence-corrected chi connectivity index (χ0v) is 15.7. The van der Waals surface area contributed by atoms with E-state index in [0.717, 1.165) is 16.7 Å². The van der Waals surface area contributed by atoms with Crippen molar-refractivity contribution in [1.29, 1.82) is 0 Å². The van der Waals surface area contributed by atoms with Crippen molar-refractivity contribution in [3.63, 3.8) is 0 Å². The first-order chi connectivity index (χ1) is 13.6. The Morgan fingerprint density at radius 1 is 0.929 bits per heavy atom. The Kier molecular flexibility index (Phi) is 6.57. The second-order valence-corrected chi connectivity index (χ2v) is 6.39. The van der Waals surface area contributed by atoms with Gasteiger partial charge in [-0.1, -0.05) is 42.5 Å². The Bertz CT molecular complexity index is 996. The molecule has 0 aliphatic carbocycles. The average Bonchev–Trinajstić information content (AvgIpc) is 2.71. The van der Waals surface area contributed by atoms with Crippen LogP contribution in [0.4, 0.5) is 4.39 Å². The lowest BCUT2D eigenvalue weighted by Gasteiger charge is -2.12. The molecule has 3 rings (SSSR count). The molecule has 0 unspecified atom stereocenters. The minimum atomic E-state index is -0.250. The number of aliphatic imine (C=N–C) groups is 1. The number of hydrogen-bond donors (Lipinski definition) is 2. The quantitative estimate of drug-likeness (QED) is 0.512. The highest BCUT2D eigenvalue weighted by Crippen LogP contribution is 2.06. The predicted octanol–water partition coefficient (Wildman–Crippen LogP) is 2.90. The maximum Gasteiger partial charge on any atom is 0.250 e. The van der Waals surface area contributed by atoms with Crippen molar-refractivity contribution in [2.75, 3.05) is 7.05 Å².